The van der Waals surface area contributed by atoms with Crippen molar-refractivity contribution in [3.8, 4) is 5.75 Å². The molecule has 2 aliphatic heterocycles. The second kappa shape index (κ2) is 6.38. The van der Waals surface area contributed by atoms with E-state index in [9.17, 15) is 4.79 Å². The van der Waals surface area contributed by atoms with Crippen molar-refractivity contribution in [3.63, 3.8) is 0 Å². The Kier molecular flexibility index (Phi) is 3.83. The Hall–Kier alpha value is -3.34. The summed E-state index contributed by atoms with van der Waals surface area (Å²) in [6, 6.07) is 25.4. The fraction of sp³-hybridized carbons (Fsp3) is 0.130. The molecule has 0 bridgehead atoms. The molecule has 0 saturated carbocycles. The second-order valence-corrected chi connectivity index (χ2v) is 7.46. The third-order valence-corrected chi connectivity index (χ3v) is 5.54. The Balaban J connectivity index is 1.66. The van der Waals surface area contributed by atoms with Crippen molar-refractivity contribution in [2.45, 2.75) is 19.4 Å². The Morgan fingerprint density at radius 1 is 0.929 bits per heavy atom. The number of nitrogens with zero attached hydrogens (tertiary/aromatic N) is 1. The Bertz CT molecular complexity index is 1080. The first kappa shape index (κ1) is 16.8. The number of fused-ring (bicyclic) bond motifs is 2. The van der Waals surface area contributed by atoms with E-state index in [0.717, 1.165) is 27.9 Å². The highest BCUT2D eigenvalue weighted by Crippen LogP contribution is 2.32. The van der Waals surface area contributed by atoms with Gasteiger partial charge in [-0.05, 0) is 35.6 Å². The quantitative estimate of drug-likeness (QED) is 0.667. The van der Waals surface area contributed by atoms with E-state index < -0.39 is 12.7 Å². The zero-order valence-electron chi connectivity index (χ0n) is 15.6. The molecule has 1 fully saturated rings. The summed E-state index contributed by atoms with van der Waals surface area (Å²) in [5.41, 5.74) is 4.00. The van der Waals surface area contributed by atoms with Gasteiger partial charge in [-0.15, -0.1) is 0 Å². The van der Waals surface area contributed by atoms with Crippen LogP contribution in [0.15, 0.2) is 78.9 Å². The van der Waals surface area contributed by atoms with E-state index in [4.69, 9.17) is 9.31 Å². The van der Waals surface area contributed by atoms with Crippen LogP contribution in [0.2, 0.25) is 0 Å². The standard InChI is InChI=1S/C23H20BNO3/c1-17-12-13-19-16-25-21(15-18-8-4-2-5-9-18)23(26)28-24(25,27-22(19)14-17)20-10-6-3-7-11-20/h2-14,16,21H,15H2,1H3/t21-,24?/m0/s1. The summed E-state index contributed by atoms with van der Waals surface area (Å²) in [5.74, 6) is 0.488. The lowest BCUT2D eigenvalue weighted by Gasteiger charge is -2.35. The Labute approximate surface area is 164 Å². The molecule has 1 unspecified atom stereocenters. The van der Waals surface area contributed by atoms with Gasteiger partial charge >= 0.3 is 12.7 Å². The van der Waals surface area contributed by atoms with E-state index in [1.807, 2.05) is 96.5 Å². The smallest absolute Gasteiger partial charge is 0.618 e. The van der Waals surface area contributed by atoms with Crippen LogP contribution in [-0.2, 0) is 15.9 Å². The fourth-order valence-corrected chi connectivity index (χ4v) is 4.14. The van der Waals surface area contributed by atoms with Crippen LogP contribution in [0, 0.1) is 6.92 Å². The van der Waals surface area contributed by atoms with Crippen LogP contribution in [-0.4, -0.2) is 29.4 Å². The van der Waals surface area contributed by atoms with Crippen molar-refractivity contribution < 1.29 is 18.6 Å². The molecule has 138 valence electrons. The average Bonchev–Trinajstić information content (AvgIpc) is 2.99. The minimum Gasteiger partial charge on any atom is -0.618 e. The molecular formula is C23H20BNO3. The average molecular weight is 369 g/mol. The zero-order chi connectivity index (χ0) is 19.1. The van der Waals surface area contributed by atoms with Crippen molar-refractivity contribution in [3.05, 3.63) is 95.6 Å². The first-order chi connectivity index (χ1) is 13.7. The molecule has 3 aromatic rings. The highest BCUT2D eigenvalue weighted by atomic mass is 16.7. The molecule has 2 atom stereocenters. The molecule has 0 aromatic heterocycles. The number of benzene rings is 3. The predicted octanol–water partition coefficient (Wildman–Crippen LogP) is 2.83. The van der Waals surface area contributed by atoms with Crippen LogP contribution in [0.1, 0.15) is 16.7 Å². The molecular weight excluding hydrogens is 349 g/mol. The number of hydrogen-bond acceptors (Lipinski definition) is 3. The van der Waals surface area contributed by atoms with Crippen LogP contribution in [0.5, 0.6) is 5.75 Å². The van der Waals surface area contributed by atoms with E-state index in [1.54, 1.807) is 0 Å². The number of aryl methyl sites for hydroxylation is 1. The molecule has 2 heterocycles. The van der Waals surface area contributed by atoms with Gasteiger partial charge in [-0.3, -0.25) is 0 Å². The highest BCUT2D eigenvalue weighted by Gasteiger charge is 2.61. The number of rotatable bonds is 3. The first-order valence-electron chi connectivity index (χ1n) is 9.55. The molecule has 4 nitrogen and oxygen atoms in total. The lowest BCUT2D eigenvalue weighted by molar-refractivity contribution is -0.432. The molecule has 0 spiro atoms. The molecule has 0 N–H and O–H groups in total. The van der Waals surface area contributed by atoms with Crippen molar-refractivity contribution in [1.29, 1.82) is 0 Å². The van der Waals surface area contributed by atoms with Gasteiger partial charge in [0.1, 0.15) is 6.21 Å². The van der Waals surface area contributed by atoms with Crippen LogP contribution in [0.25, 0.3) is 0 Å². The molecule has 0 radical (unpaired) electrons. The van der Waals surface area contributed by atoms with Crippen molar-refractivity contribution >= 4 is 24.3 Å². The maximum Gasteiger partial charge on any atom is 0.682 e. The summed E-state index contributed by atoms with van der Waals surface area (Å²) < 4.78 is 14.5. The monoisotopic (exact) mass is 369 g/mol. The fourth-order valence-electron chi connectivity index (χ4n) is 4.14. The van der Waals surface area contributed by atoms with E-state index in [-0.39, 0.29) is 5.97 Å². The van der Waals surface area contributed by atoms with E-state index in [0.29, 0.717) is 6.42 Å². The van der Waals surface area contributed by atoms with Gasteiger partial charge in [0.2, 0.25) is 6.04 Å². The summed E-state index contributed by atoms with van der Waals surface area (Å²) in [6.07, 6.45) is 2.58. The van der Waals surface area contributed by atoms with Gasteiger partial charge in [0, 0.05) is 6.42 Å². The van der Waals surface area contributed by atoms with Crippen molar-refractivity contribution in [2.24, 2.45) is 0 Å². The van der Waals surface area contributed by atoms with Crippen molar-refractivity contribution in [1.82, 2.24) is 0 Å². The maximum atomic E-state index is 13.0. The predicted molar refractivity (Wildman–Crippen MR) is 109 cm³/mol. The maximum absolute atomic E-state index is 13.0. The molecule has 1 saturated heterocycles. The van der Waals surface area contributed by atoms with Crippen LogP contribution in [0.3, 0.4) is 0 Å². The largest absolute Gasteiger partial charge is 0.682 e. The first-order valence-corrected chi connectivity index (χ1v) is 9.55. The van der Waals surface area contributed by atoms with Gasteiger partial charge in [0.15, 0.2) is 0 Å². The number of hydrogen-bond donors (Lipinski definition) is 0. The molecule has 5 rings (SSSR count). The van der Waals surface area contributed by atoms with Crippen LogP contribution < -0.4 is 10.1 Å². The molecule has 2 aliphatic rings. The topological polar surface area (TPSA) is 38.5 Å². The summed E-state index contributed by atoms with van der Waals surface area (Å²) in [5, 5.41) is 0. The molecule has 0 amide bonds. The van der Waals surface area contributed by atoms with E-state index >= 15 is 0 Å². The van der Waals surface area contributed by atoms with Crippen LogP contribution in [0.4, 0.5) is 0 Å². The minimum atomic E-state index is -2.12. The van der Waals surface area contributed by atoms with Gasteiger partial charge in [-0.1, -0.05) is 66.7 Å². The third-order valence-electron chi connectivity index (χ3n) is 5.54. The summed E-state index contributed by atoms with van der Waals surface area (Å²) in [7, 11) is 0. The second-order valence-electron chi connectivity index (χ2n) is 7.46. The van der Waals surface area contributed by atoms with Crippen molar-refractivity contribution in [2.75, 3.05) is 0 Å². The minimum absolute atomic E-state index is 0.256. The zero-order valence-corrected chi connectivity index (χ0v) is 15.6. The number of carbonyl (C=O) groups excluding carboxylic acids is 1. The lowest BCUT2D eigenvalue weighted by atomic mass is 9.62. The normalized spacial score (nSPS) is 22.5. The molecule has 0 aliphatic carbocycles. The SMILES string of the molecule is Cc1ccc2c(c1)O[B-]1(c3ccccc3)OC(=O)[C@H](Cc3ccccc3)[N+]1=C2. The van der Waals surface area contributed by atoms with Gasteiger partial charge in [-0.2, -0.15) is 0 Å². The van der Waals surface area contributed by atoms with E-state index in [1.165, 1.54) is 0 Å². The summed E-state index contributed by atoms with van der Waals surface area (Å²) in [4.78, 5) is 13.0. The van der Waals surface area contributed by atoms with Crippen LogP contribution >= 0.6 is 0 Å². The highest BCUT2D eigenvalue weighted by molar-refractivity contribution is 6.77. The summed E-state index contributed by atoms with van der Waals surface area (Å²) >= 11 is 0. The number of carbonyl (C=O) groups is 1. The molecule has 3 aromatic carbocycles. The molecule has 28 heavy (non-hydrogen) atoms. The summed E-state index contributed by atoms with van der Waals surface area (Å²) in [6.45, 7) is -0.0966. The van der Waals surface area contributed by atoms with Gasteiger partial charge in [0.25, 0.3) is 0 Å². The Morgan fingerprint density at radius 2 is 1.64 bits per heavy atom. The third kappa shape index (κ3) is 2.62. The van der Waals surface area contributed by atoms with Gasteiger partial charge in [0.05, 0.1) is 11.3 Å². The van der Waals surface area contributed by atoms with E-state index in [2.05, 4.69) is 0 Å². The lowest BCUT2D eigenvalue weighted by Crippen LogP contribution is -2.64. The van der Waals surface area contributed by atoms with Gasteiger partial charge in [-0.25, -0.2) is 4.79 Å². The van der Waals surface area contributed by atoms with Gasteiger partial charge < -0.3 is 13.8 Å². The Morgan fingerprint density at radius 3 is 2.39 bits per heavy atom. The molecule has 5 heteroatoms.